The van der Waals surface area contributed by atoms with Gasteiger partial charge in [0.25, 0.3) is 5.56 Å². The molecular formula is C33H35N5O5S. The summed E-state index contributed by atoms with van der Waals surface area (Å²) in [5.74, 6) is -0.432. The third kappa shape index (κ3) is 5.84. The predicted molar refractivity (Wildman–Crippen MR) is 169 cm³/mol. The van der Waals surface area contributed by atoms with Crippen LogP contribution in [-0.2, 0) is 32.4 Å². The molecule has 1 aliphatic carbocycles. The number of sulfone groups is 1. The van der Waals surface area contributed by atoms with Gasteiger partial charge in [-0.2, -0.15) is 0 Å². The third-order valence-corrected chi connectivity index (χ3v) is 10.8. The molecule has 3 aliphatic rings. The van der Waals surface area contributed by atoms with E-state index in [1.807, 2.05) is 26.0 Å². The van der Waals surface area contributed by atoms with E-state index < -0.39 is 21.1 Å². The molecule has 0 spiro atoms. The van der Waals surface area contributed by atoms with Gasteiger partial charge in [0.1, 0.15) is 6.04 Å². The number of aryl methyl sites for hydroxylation is 2. The Kier molecular flexibility index (Phi) is 7.75. The maximum absolute atomic E-state index is 14.3. The molecule has 0 radical (unpaired) electrons. The van der Waals surface area contributed by atoms with Crippen LogP contribution in [0.3, 0.4) is 0 Å². The first-order valence-electron chi connectivity index (χ1n) is 14.8. The minimum atomic E-state index is -3.58. The maximum atomic E-state index is 14.3. The molecule has 11 heteroatoms. The molecule has 3 N–H and O–H groups in total. The molecule has 1 unspecified atom stereocenters. The average Bonchev–Trinajstić information content (AvgIpc) is 3.83. The summed E-state index contributed by atoms with van der Waals surface area (Å²) in [6.45, 7) is 4.02. The van der Waals surface area contributed by atoms with Gasteiger partial charge in [-0.1, -0.05) is 12.1 Å². The van der Waals surface area contributed by atoms with Crippen LogP contribution >= 0.6 is 0 Å². The minimum absolute atomic E-state index is 0.0133. The first kappa shape index (κ1) is 29.6. The number of fused-ring (bicyclic) bond motifs is 10. The van der Waals surface area contributed by atoms with E-state index in [9.17, 15) is 22.8 Å². The highest BCUT2D eigenvalue weighted by atomic mass is 32.2. The van der Waals surface area contributed by atoms with Gasteiger partial charge in [-0.25, -0.2) is 13.4 Å². The van der Waals surface area contributed by atoms with Gasteiger partial charge >= 0.3 is 0 Å². The van der Waals surface area contributed by atoms with Crippen molar-refractivity contribution in [3.05, 3.63) is 93.0 Å². The Bertz CT molecular complexity index is 1940. The zero-order chi connectivity index (χ0) is 31.2. The molecule has 1 fully saturated rings. The highest BCUT2D eigenvalue weighted by Gasteiger charge is 2.38. The van der Waals surface area contributed by atoms with E-state index in [0.717, 1.165) is 22.3 Å². The lowest BCUT2D eigenvalue weighted by atomic mass is 9.92. The molecule has 44 heavy (non-hydrogen) atoms. The van der Waals surface area contributed by atoms with Gasteiger partial charge in [-0.3, -0.25) is 14.4 Å². The van der Waals surface area contributed by atoms with Gasteiger partial charge in [0, 0.05) is 31.4 Å². The highest BCUT2D eigenvalue weighted by Crippen LogP contribution is 2.36. The number of amides is 2. The minimum Gasteiger partial charge on any atom is -0.370 e. The van der Waals surface area contributed by atoms with Crippen LogP contribution in [0.2, 0.25) is 0 Å². The van der Waals surface area contributed by atoms with Crippen molar-refractivity contribution in [2.45, 2.75) is 68.7 Å². The number of likely N-dealkylation sites (N-methyl/N-ethyl adjacent to an activating group) is 1. The molecule has 1 atom stereocenters. The molecule has 2 amide bonds. The zero-order valence-corrected chi connectivity index (χ0v) is 25.8. The van der Waals surface area contributed by atoms with Crippen molar-refractivity contribution in [2.24, 2.45) is 0 Å². The Hall–Kier alpha value is -4.51. The molecule has 3 aromatic carbocycles. The van der Waals surface area contributed by atoms with Gasteiger partial charge in [0.05, 0.1) is 27.4 Å². The van der Waals surface area contributed by atoms with Gasteiger partial charge in [-0.05, 0) is 104 Å². The molecule has 0 saturated heterocycles. The number of rotatable bonds is 4. The quantitative estimate of drug-likeness (QED) is 0.306. The number of carbonyl (C=O) groups excluding carboxylic acids is 2. The fraction of sp³-hybridized carbons (Fsp3) is 0.333. The van der Waals surface area contributed by atoms with Crippen LogP contribution in [0.25, 0.3) is 10.9 Å². The Morgan fingerprint density at radius 2 is 1.70 bits per heavy atom. The topological polar surface area (TPSA) is 141 Å². The van der Waals surface area contributed by atoms with Gasteiger partial charge in [-0.15, -0.1) is 0 Å². The molecule has 1 aromatic heterocycles. The van der Waals surface area contributed by atoms with Crippen LogP contribution in [0.15, 0.2) is 64.5 Å². The molecule has 1 saturated carbocycles. The lowest BCUT2D eigenvalue weighted by Gasteiger charge is -2.28. The Labute approximate surface area is 255 Å². The standard InChI is InChI=1S/C33H35N5O5S/c1-19-13-21-14-20(2)26(19)5-4-6-30(39)36-23-8-12-29(44(42,43)25-9-10-25)22(15-23)17-38(3)33(41)31(21)37-24-7-11-28-27(16-24)32(40)35-18-34-28/h7-8,11-16,18,25,31,37H,4-6,9-10,17H2,1-3H3,(H,36,39)(H,34,35,40). The number of benzene rings is 3. The van der Waals surface area contributed by atoms with E-state index in [0.29, 0.717) is 59.9 Å². The average molecular weight is 614 g/mol. The summed E-state index contributed by atoms with van der Waals surface area (Å²) in [5.41, 5.74) is 5.65. The van der Waals surface area contributed by atoms with Gasteiger partial charge in [0.15, 0.2) is 9.84 Å². The lowest BCUT2D eigenvalue weighted by Crippen LogP contribution is -2.35. The smallest absolute Gasteiger partial charge is 0.258 e. The maximum Gasteiger partial charge on any atom is 0.258 e. The summed E-state index contributed by atoms with van der Waals surface area (Å²) in [4.78, 5) is 48.1. The molecule has 4 bridgehead atoms. The number of hydrogen-bond acceptors (Lipinski definition) is 7. The molecule has 2 aliphatic heterocycles. The van der Waals surface area contributed by atoms with Crippen LogP contribution in [-0.4, -0.2) is 47.4 Å². The molecule has 4 aromatic rings. The fourth-order valence-electron chi connectivity index (χ4n) is 6.02. The number of aromatic amines is 1. The highest BCUT2D eigenvalue weighted by molar-refractivity contribution is 7.92. The Balaban J connectivity index is 1.44. The van der Waals surface area contributed by atoms with Crippen molar-refractivity contribution in [3.8, 4) is 0 Å². The summed E-state index contributed by atoms with van der Waals surface area (Å²) in [5, 5.41) is 6.23. The van der Waals surface area contributed by atoms with Crippen LogP contribution < -0.4 is 16.2 Å². The van der Waals surface area contributed by atoms with Crippen molar-refractivity contribution >= 4 is 43.9 Å². The van der Waals surface area contributed by atoms with E-state index >= 15 is 0 Å². The third-order valence-electron chi connectivity index (χ3n) is 8.48. The van der Waals surface area contributed by atoms with Gasteiger partial charge < -0.3 is 20.5 Å². The van der Waals surface area contributed by atoms with Crippen molar-refractivity contribution in [1.29, 1.82) is 0 Å². The molecule has 228 valence electrons. The number of H-pyrrole nitrogens is 1. The van der Waals surface area contributed by atoms with Crippen molar-refractivity contribution in [3.63, 3.8) is 0 Å². The van der Waals surface area contributed by atoms with E-state index in [4.69, 9.17) is 0 Å². The normalized spacial score (nSPS) is 18.0. The van der Waals surface area contributed by atoms with Gasteiger partial charge in [0.2, 0.25) is 11.8 Å². The van der Waals surface area contributed by atoms with E-state index in [1.54, 1.807) is 43.4 Å². The first-order chi connectivity index (χ1) is 21.0. The predicted octanol–water partition coefficient (Wildman–Crippen LogP) is 4.56. The van der Waals surface area contributed by atoms with Crippen LogP contribution in [0.1, 0.15) is 59.5 Å². The van der Waals surface area contributed by atoms with Crippen LogP contribution in [0.4, 0.5) is 11.4 Å². The first-order valence-corrected chi connectivity index (χ1v) is 16.3. The lowest BCUT2D eigenvalue weighted by molar-refractivity contribution is -0.131. The Morgan fingerprint density at radius 3 is 2.43 bits per heavy atom. The monoisotopic (exact) mass is 613 g/mol. The largest absolute Gasteiger partial charge is 0.370 e. The number of anilines is 2. The van der Waals surface area contributed by atoms with Crippen molar-refractivity contribution < 1.29 is 18.0 Å². The number of aromatic nitrogens is 2. The van der Waals surface area contributed by atoms with E-state index in [-0.39, 0.29) is 28.8 Å². The molecular weight excluding hydrogens is 578 g/mol. The summed E-state index contributed by atoms with van der Waals surface area (Å²) >= 11 is 0. The number of hydrogen-bond donors (Lipinski definition) is 3. The summed E-state index contributed by atoms with van der Waals surface area (Å²) in [6, 6.07) is 13.1. The van der Waals surface area contributed by atoms with Crippen molar-refractivity contribution in [2.75, 3.05) is 17.7 Å². The van der Waals surface area contributed by atoms with Crippen LogP contribution in [0, 0.1) is 13.8 Å². The van der Waals surface area contributed by atoms with Crippen molar-refractivity contribution in [1.82, 2.24) is 14.9 Å². The van der Waals surface area contributed by atoms with E-state index in [2.05, 4.69) is 20.6 Å². The SMILES string of the molecule is Cc1cc2cc(C)c1CCCC(=O)Nc1ccc(S(=O)(=O)C3CC3)c(c1)CN(C)C(=O)C2Nc1ccc2nc[nH]c(=O)c2c1. The summed E-state index contributed by atoms with van der Waals surface area (Å²) < 4.78 is 26.8. The second-order valence-electron chi connectivity index (χ2n) is 11.8. The number of nitrogens with zero attached hydrogens (tertiary/aromatic N) is 2. The summed E-state index contributed by atoms with van der Waals surface area (Å²) in [7, 11) is -1.94. The molecule has 10 nitrogen and oxygen atoms in total. The Morgan fingerprint density at radius 1 is 0.955 bits per heavy atom. The number of carbonyl (C=O) groups is 2. The van der Waals surface area contributed by atoms with E-state index in [1.165, 1.54) is 11.2 Å². The summed E-state index contributed by atoms with van der Waals surface area (Å²) in [6.07, 6.45) is 4.22. The second kappa shape index (κ2) is 11.5. The molecule has 7 rings (SSSR count). The molecule has 3 heterocycles. The fourth-order valence-corrected chi connectivity index (χ4v) is 7.88. The second-order valence-corrected chi connectivity index (χ2v) is 14.0. The van der Waals surface area contributed by atoms with Crippen LogP contribution in [0.5, 0.6) is 0 Å². The number of nitrogens with one attached hydrogen (secondary N) is 3. The zero-order valence-electron chi connectivity index (χ0n) is 24.9.